The molecule has 10 heteroatoms. The van der Waals surface area contributed by atoms with Crippen LogP contribution in [-0.2, 0) is 23.5 Å². The summed E-state index contributed by atoms with van der Waals surface area (Å²) in [6.45, 7) is 5.78. The van der Waals surface area contributed by atoms with Crippen molar-refractivity contribution in [3.63, 3.8) is 0 Å². The standard InChI is InChI=1S/C16H23F4N3OS.HI/c1-15(2,3)25(24)8-7-22-14(21-4)23-10-11-5-6-12(17)9-13(11)16(18,19)20;/h5-6,9H,7-8,10H2,1-4H3,(H2,21,22,23);1H. The number of rotatable bonds is 5. The average Bonchev–Trinajstić information content (AvgIpc) is 2.49. The average molecular weight is 509 g/mol. The molecule has 0 bridgehead atoms. The molecule has 0 fully saturated rings. The second kappa shape index (κ2) is 10.4. The monoisotopic (exact) mass is 509 g/mol. The van der Waals surface area contributed by atoms with Crippen LogP contribution in [0.15, 0.2) is 23.2 Å². The van der Waals surface area contributed by atoms with Crippen molar-refractivity contribution in [2.75, 3.05) is 19.3 Å². The third-order valence-corrected chi connectivity index (χ3v) is 5.25. The molecule has 2 N–H and O–H groups in total. The van der Waals surface area contributed by atoms with Crippen molar-refractivity contribution in [2.45, 2.75) is 38.2 Å². The summed E-state index contributed by atoms with van der Waals surface area (Å²) in [6, 6.07) is 2.54. The molecule has 0 saturated carbocycles. The molecule has 0 spiro atoms. The molecule has 0 aliphatic rings. The number of alkyl halides is 3. The maximum absolute atomic E-state index is 13.1. The number of nitrogens with one attached hydrogen (secondary N) is 2. The van der Waals surface area contributed by atoms with Gasteiger partial charge in [0.25, 0.3) is 0 Å². The van der Waals surface area contributed by atoms with E-state index < -0.39 is 28.4 Å². The molecule has 1 unspecified atom stereocenters. The Bertz CT molecular complexity index is 645. The first-order valence-electron chi connectivity index (χ1n) is 7.63. The van der Waals surface area contributed by atoms with Crippen molar-refractivity contribution in [1.82, 2.24) is 10.6 Å². The van der Waals surface area contributed by atoms with Gasteiger partial charge in [0.15, 0.2) is 5.96 Å². The predicted molar refractivity (Wildman–Crippen MR) is 108 cm³/mol. The lowest BCUT2D eigenvalue weighted by Gasteiger charge is -2.19. The summed E-state index contributed by atoms with van der Waals surface area (Å²) < 4.78 is 63.6. The van der Waals surface area contributed by atoms with E-state index in [9.17, 15) is 21.8 Å². The number of benzene rings is 1. The molecule has 0 saturated heterocycles. The summed E-state index contributed by atoms with van der Waals surface area (Å²) in [7, 11) is 0.428. The van der Waals surface area contributed by atoms with E-state index >= 15 is 0 Å². The molecule has 1 aromatic carbocycles. The number of halogens is 5. The van der Waals surface area contributed by atoms with E-state index in [0.717, 1.165) is 12.1 Å². The van der Waals surface area contributed by atoms with Crippen molar-refractivity contribution in [3.8, 4) is 0 Å². The van der Waals surface area contributed by atoms with Crippen LogP contribution in [0, 0.1) is 5.82 Å². The van der Waals surface area contributed by atoms with E-state index in [1.54, 1.807) is 0 Å². The van der Waals surface area contributed by atoms with Crippen LogP contribution in [0.1, 0.15) is 31.9 Å². The molecule has 4 nitrogen and oxygen atoms in total. The first kappa shape index (κ1) is 25.1. The van der Waals surface area contributed by atoms with Crippen molar-refractivity contribution < 1.29 is 21.8 Å². The zero-order valence-electron chi connectivity index (χ0n) is 15.0. The first-order chi connectivity index (χ1) is 11.4. The second-order valence-corrected chi connectivity index (χ2v) is 8.64. The zero-order valence-corrected chi connectivity index (χ0v) is 18.2. The summed E-state index contributed by atoms with van der Waals surface area (Å²) in [5, 5.41) is 5.65. The molecule has 1 rings (SSSR count). The normalized spacial score (nSPS) is 13.8. The third kappa shape index (κ3) is 8.19. The lowest BCUT2D eigenvalue weighted by Crippen LogP contribution is -2.40. The van der Waals surface area contributed by atoms with Gasteiger partial charge in [-0.3, -0.25) is 9.20 Å². The summed E-state index contributed by atoms with van der Waals surface area (Å²) >= 11 is 0. The molecule has 1 aromatic rings. The summed E-state index contributed by atoms with van der Waals surface area (Å²) in [6.07, 6.45) is -4.64. The van der Waals surface area contributed by atoms with Crippen LogP contribution in [0.5, 0.6) is 0 Å². The van der Waals surface area contributed by atoms with E-state index in [2.05, 4.69) is 15.6 Å². The molecule has 0 amide bonds. The van der Waals surface area contributed by atoms with Gasteiger partial charge in [-0.15, -0.1) is 24.0 Å². The quantitative estimate of drug-likeness (QED) is 0.276. The van der Waals surface area contributed by atoms with Gasteiger partial charge >= 0.3 is 6.18 Å². The van der Waals surface area contributed by atoms with Gasteiger partial charge in [0.2, 0.25) is 0 Å². The molecule has 1 atom stereocenters. The van der Waals surface area contributed by atoms with Gasteiger partial charge < -0.3 is 10.6 Å². The molecule has 0 aliphatic carbocycles. The highest BCUT2D eigenvalue weighted by Gasteiger charge is 2.33. The van der Waals surface area contributed by atoms with Gasteiger partial charge in [0, 0.05) is 41.4 Å². The van der Waals surface area contributed by atoms with Crippen LogP contribution in [0.4, 0.5) is 17.6 Å². The number of guanidine groups is 1. The summed E-state index contributed by atoms with van der Waals surface area (Å²) in [4.78, 5) is 3.91. The summed E-state index contributed by atoms with van der Waals surface area (Å²) in [5.41, 5.74) is -1.11. The Labute approximate surface area is 170 Å². The number of hydrogen-bond acceptors (Lipinski definition) is 2. The fourth-order valence-corrected chi connectivity index (χ4v) is 2.83. The molecule has 0 heterocycles. The minimum atomic E-state index is -4.64. The third-order valence-electron chi connectivity index (χ3n) is 3.31. The molecule has 0 aliphatic heterocycles. The van der Waals surface area contributed by atoms with Gasteiger partial charge in [-0.1, -0.05) is 6.07 Å². The molecule has 0 radical (unpaired) electrons. The molecule has 150 valence electrons. The molecular formula is C16H24F4IN3OS. The van der Waals surface area contributed by atoms with Crippen LogP contribution in [-0.4, -0.2) is 34.3 Å². The van der Waals surface area contributed by atoms with E-state index in [0.29, 0.717) is 18.4 Å². The van der Waals surface area contributed by atoms with E-state index in [4.69, 9.17) is 0 Å². The van der Waals surface area contributed by atoms with Crippen molar-refractivity contribution >= 4 is 40.7 Å². The van der Waals surface area contributed by atoms with Crippen molar-refractivity contribution in [1.29, 1.82) is 0 Å². The highest BCUT2D eigenvalue weighted by Crippen LogP contribution is 2.32. The minimum Gasteiger partial charge on any atom is -0.355 e. The Morgan fingerprint density at radius 3 is 2.31 bits per heavy atom. The van der Waals surface area contributed by atoms with E-state index in [-0.39, 0.29) is 46.8 Å². The maximum Gasteiger partial charge on any atom is 0.416 e. The number of nitrogens with zero attached hydrogens (tertiary/aromatic N) is 1. The van der Waals surface area contributed by atoms with Crippen LogP contribution in [0.2, 0.25) is 0 Å². The molecule has 26 heavy (non-hydrogen) atoms. The van der Waals surface area contributed by atoms with Gasteiger partial charge in [0.1, 0.15) is 5.82 Å². The fourth-order valence-electron chi connectivity index (χ4n) is 1.93. The molecule has 0 aromatic heterocycles. The van der Waals surface area contributed by atoms with Crippen molar-refractivity contribution in [3.05, 3.63) is 35.1 Å². The smallest absolute Gasteiger partial charge is 0.355 e. The van der Waals surface area contributed by atoms with Crippen LogP contribution < -0.4 is 10.6 Å². The molecular weight excluding hydrogens is 485 g/mol. The Morgan fingerprint density at radius 1 is 1.19 bits per heavy atom. The number of hydrogen-bond donors (Lipinski definition) is 2. The SMILES string of the molecule is CN=C(NCCS(=O)C(C)(C)C)NCc1ccc(F)cc1C(F)(F)F.I. The van der Waals surface area contributed by atoms with Crippen LogP contribution in [0.25, 0.3) is 0 Å². The van der Waals surface area contributed by atoms with Crippen molar-refractivity contribution in [2.24, 2.45) is 4.99 Å². The minimum absolute atomic E-state index is 0. The van der Waals surface area contributed by atoms with Gasteiger partial charge in [0.05, 0.1) is 5.56 Å². The van der Waals surface area contributed by atoms with Gasteiger partial charge in [-0.2, -0.15) is 13.2 Å². The predicted octanol–water partition coefficient (Wildman–Crippen LogP) is 3.67. The highest BCUT2D eigenvalue weighted by atomic mass is 127. The number of aliphatic imine (C=N–C) groups is 1. The highest BCUT2D eigenvalue weighted by molar-refractivity contribution is 14.0. The first-order valence-corrected chi connectivity index (χ1v) is 8.95. The van der Waals surface area contributed by atoms with Crippen LogP contribution in [0.3, 0.4) is 0 Å². The maximum atomic E-state index is 13.1. The van der Waals surface area contributed by atoms with Crippen LogP contribution >= 0.6 is 24.0 Å². The van der Waals surface area contributed by atoms with E-state index in [1.807, 2.05) is 20.8 Å². The second-order valence-electron chi connectivity index (χ2n) is 6.31. The summed E-state index contributed by atoms with van der Waals surface area (Å²) in [5.74, 6) is -0.277. The topological polar surface area (TPSA) is 53.5 Å². The zero-order chi connectivity index (χ0) is 19.3. The van der Waals surface area contributed by atoms with E-state index in [1.165, 1.54) is 7.05 Å². The largest absolute Gasteiger partial charge is 0.416 e. The van der Waals surface area contributed by atoms with Gasteiger partial charge in [-0.05, 0) is 38.5 Å². The Balaban J connectivity index is 0.00000625. The van der Waals surface area contributed by atoms with Gasteiger partial charge in [-0.25, -0.2) is 4.39 Å². The lowest BCUT2D eigenvalue weighted by molar-refractivity contribution is -0.138. The fraction of sp³-hybridized carbons (Fsp3) is 0.562. The Morgan fingerprint density at radius 2 is 1.81 bits per heavy atom. The lowest BCUT2D eigenvalue weighted by atomic mass is 10.1. The Hall–Kier alpha value is -0.910. The Kier molecular flexibility index (Phi) is 10.1.